The summed E-state index contributed by atoms with van der Waals surface area (Å²) in [4.78, 5) is 3.90. The normalized spacial score (nSPS) is 11.4. The van der Waals surface area contributed by atoms with Gasteiger partial charge in [-0.1, -0.05) is 11.6 Å². The van der Waals surface area contributed by atoms with E-state index in [0.717, 1.165) is 5.56 Å². The van der Waals surface area contributed by atoms with Crippen molar-refractivity contribution in [2.45, 2.75) is 6.61 Å². The lowest BCUT2D eigenvalue weighted by Gasteiger charge is -2.05. The number of aromatic nitrogens is 1. The minimum Gasteiger partial charge on any atom is -0.377 e. The number of pyridine rings is 1. The Balaban J connectivity index is 1.97. The zero-order valence-corrected chi connectivity index (χ0v) is 13.1. The number of hydrogen-bond acceptors (Lipinski definition) is 4. The van der Waals surface area contributed by atoms with Gasteiger partial charge in [0.15, 0.2) is 0 Å². The van der Waals surface area contributed by atoms with Crippen molar-refractivity contribution in [2.75, 3.05) is 26.4 Å². The monoisotopic (exact) mass is 389 g/mol. The second kappa shape index (κ2) is 10.4. The molecule has 1 atom stereocenters. The number of rotatable bonds is 9. The van der Waals surface area contributed by atoms with E-state index in [-0.39, 0.29) is 0 Å². The van der Waals surface area contributed by atoms with Gasteiger partial charge in [0, 0.05) is 6.20 Å². The Bertz CT molecular complexity index is 319. The molecule has 0 saturated heterocycles. The highest BCUT2D eigenvalue weighted by Crippen LogP contribution is 2.20. The molecule has 0 fully saturated rings. The summed E-state index contributed by atoms with van der Waals surface area (Å²) < 4.78 is 15.9. The summed E-state index contributed by atoms with van der Waals surface area (Å²) in [5.41, 5.74) is 1.01. The van der Waals surface area contributed by atoms with Crippen molar-refractivity contribution < 1.29 is 14.0 Å². The first-order valence-electron chi connectivity index (χ1n) is 5.06. The number of ether oxygens (including phenoxy) is 2. The second-order valence-corrected chi connectivity index (χ2v) is 5.23. The molecule has 0 N–H and O–H groups in total. The maximum atomic E-state index is 5.75. The first-order valence-corrected chi connectivity index (χ1v) is 9.46. The fraction of sp³-hybridized carbons (Fsp3) is 0.500. The summed E-state index contributed by atoms with van der Waals surface area (Å²) in [6, 6.07) is 3.67. The van der Waals surface area contributed by atoms with Crippen molar-refractivity contribution in [1.82, 2.24) is 4.98 Å². The van der Waals surface area contributed by atoms with Crippen LogP contribution in [0.25, 0.3) is 0 Å². The molecule has 17 heavy (non-hydrogen) atoms. The number of halogens is 2. The van der Waals surface area contributed by atoms with Gasteiger partial charge in [-0.3, -0.25) is 0 Å². The van der Waals surface area contributed by atoms with Crippen LogP contribution in [0, 0.1) is 0 Å². The first kappa shape index (κ1) is 15.5. The van der Waals surface area contributed by atoms with E-state index in [0.29, 0.717) is 44.6 Å². The highest BCUT2D eigenvalue weighted by molar-refractivity contribution is 14.2. The highest BCUT2D eigenvalue weighted by Gasteiger charge is 1.95. The molecule has 0 radical (unpaired) electrons. The van der Waals surface area contributed by atoms with Crippen molar-refractivity contribution >= 4 is 40.1 Å². The Kier molecular flexibility index (Phi) is 9.51. The van der Waals surface area contributed by atoms with Gasteiger partial charge in [-0.25, -0.2) is 4.98 Å². The van der Waals surface area contributed by atoms with Crippen LogP contribution in [-0.2, 0) is 20.6 Å². The van der Waals surface area contributed by atoms with Gasteiger partial charge in [0.25, 0.3) is 0 Å². The molecule has 0 aliphatic carbocycles. The lowest BCUT2D eigenvalue weighted by atomic mass is 10.3. The van der Waals surface area contributed by atoms with E-state index in [2.05, 4.69) is 27.0 Å². The maximum absolute atomic E-state index is 5.75. The van der Waals surface area contributed by atoms with E-state index in [1.807, 2.05) is 6.07 Å². The second-order valence-electron chi connectivity index (χ2n) is 3.08. The third-order valence-corrected chi connectivity index (χ3v) is 3.27. The van der Waals surface area contributed by atoms with Crippen molar-refractivity contribution in [1.29, 1.82) is 0 Å². The molecule has 0 aromatic carbocycles. The molecule has 0 bridgehead atoms. The SMILES string of the molecule is Clc1cc(COCCOCCOPI)ccn1. The topological polar surface area (TPSA) is 40.6 Å². The van der Waals surface area contributed by atoms with E-state index in [4.69, 9.17) is 25.6 Å². The zero-order valence-electron chi connectivity index (χ0n) is 9.20. The molecular weight excluding hydrogens is 375 g/mol. The molecular formula is C10H14ClINO3P. The van der Waals surface area contributed by atoms with Gasteiger partial charge in [0.2, 0.25) is 0 Å². The molecule has 0 aliphatic rings. The lowest BCUT2D eigenvalue weighted by Crippen LogP contribution is -2.07. The molecule has 4 nitrogen and oxygen atoms in total. The van der Waals surface area contributed by atoms with Crippen LogP contribution in [0.2, 0.25) is 5.15 Å². The molecule has 1 aromatic heterocycles. The molecule has 1 unspecified atom stereocenters. The van der Waals surface area contributed by atoms with Gasteiger partial charge in [0.1, 0.15) is 5.15 Å². The van der Waals surface area contributed by atoms with Gasteiger partial charge in [-0.2, -0.15) is 0 Å². The molecule has 1 aromatic rings. The summed E-state index contributed by atoms with van der Waals surface area (Å²) in [6.07, 6.45) is 1.67. The molecule has 1 heterocycles. The zero-order chi connectivity index (χ0) is 12.3. The van der Waals surface area contributed by atoms with Crippen LogP contribution in [0.3, 0.4) is 0 Å². The Labute approximate surface area is 121 Å². The number of hydrogen-bond donors (Lipinski definition) is 0. The van der Waals surface area contributed by atoms with Crippen molar-refractivity contribution in [3.63, 3.8) is 0 Å². The van der Waals surface area contributed by atoms with E-state index >= 15 is 0 Å². The van der Waals surface area contributed by atoms with Crippen LogP contribution in [0.5, 0.6) is 0 Å². The average molecular weight is 390 g/mol. The number of nitrogens with zero attached hydrogens (tertiary/aromatic N) is 1. The minimum absolute atomic E-state index is 0.485. The Morgan fingerprint density at radius 3 is 2.76 bits per heavy atom. The molecule has 1 rings (SSSR count). The Morgan fingerprint density at radius 1 is 1.24 bits per heavy atom. The highest BCUT2D eigenvalue weighted by atomic mass is 127. The van der Waals surface area contributed by atoms with E-state index in [9.17, 15) is 0 Å². The van der Waals surface area contributed by atoms with Crippen LogP contribution in [0.1, 0.15) is 5.56 Å². The van der Waals surface area contributed by atoms with E-state index in [1.165, 1.54) is 0 Å². The van der Waals surface area contributed by atoms with Gasteiger partial charge in [0.05, 0.1) is 39.5 Å². The van der Waals surface area contributed by atoms with Crippen LogP contribution in [0.4, 0.5) is 0 Å². The summed E-state index contributed by atoms with van der Waals surface area (Å²) in [6.45, 7) is 3.40. The molecule has 96 valence electrons. The quantitative estimate of drug-likeness (QED) is 0.281. The standard InChI is InChI=1S/C10H14ClINO3P/c11-10-7-9(1-2-13-10)8-15-4-3-14-5-6-16-17-12/h1-2,7,17H,3-6,8H2. The van der Waals surface area contributed by atoms with Crippen LogP contribution < -0.4 is 0 Å². The fourth-order valence-electron chi connectivity index (χ4n) is 1.08. The van der Waals surface area contributed by atoms with Crippen molar-refractivity contribution in [3.05, 3.63) is 29.0 Å². The lowest BCUT2D eigenvalue weighted by molar-refractivity contribution is 0.0321. The van der Waals surface area contributed by atoms with E-state index in [1.54, 1.807) is 12.3 Å². The summed E-state index contributed by atoms with van der Waals surface area (Å²) in [5.74, 6) is 0. The third kappa shape index (κ3) is 8.24. The predicted molar refractivity (Wildman–Crippen MR) is 78.0 cm³/mol. The summed E-state index contributed by atoms with van der Waals surface area (Å²) in [5, 5.41) is 0.485. The molecule has 0 saturated carbocycles. The smallest absolute Gasteiger partial charge is 0.129 e. The summed E-state index contributed by atoms with van der Waals surface area (Å²) >= 11 is 7.93. The van der Waals surface area contributed by atoms with Crippen molar-refractivity contribution in [2.24, 2.45) is 0 Å². The van der Waals surface area contributed by atoms with Gasteiger partial charge in [-0.15, -0.1) is 0 Å². The average Bonchev–Trinajstić information content (AvgIpc) is 2.33. The largest absolute Gasteiger partial charge is 0.377 e. The molecule has 0 spiro atoms. The van der Waals surface area contributed by atoms with E-state index < -0.39 is 0 Å². The minimum atomic E-state index is 0.485. The molecule has 0 aliphatic heterocycles. The van der Waals surface area contributed by atoms with Crippen LogP contribution >= 0.6 is 40.1 Å². The third-order valence-electron chi connectivity index (χ3n) is 1.82. The van der Waals surface area contributed by atoms with Gasteiger partial charge < -0.3 is 14.0 Å². The van der Waals surface area contributed by atoms with Gasteiger partial charge >= 0.3 is 0 Å². The predicted octanol–water partition coefficient (Wildman–Crippen LogP) is 3.23. The fourth-order valence-corrected chi connectivity index (χ4v) is 2.10. The molecule has 7 heteroatoms. The molecule has 0 amide bonds. The Morgan fingerprint density at radius 2 is 2.00 bits per heavy atom. The van der Waals surface area contributed by atoms with Crippen molar-refractivity contribution in [3.8, 4) is 0 Å². The van der Waals surface area contributed by atoms with Crippen LogP contribution in [0.15, 0.2) is 18.3 Å². The van der Waals surface area contributed by atoms with Gasteiger partial charge in [-0.05, 0) is 39.7 Å². The Hall–Kier alpha value is 0.480. The summed E-state index contributed by atoms with van der Waals surface area (Å²) in [7, 11) is 0. The maximum Gasteiger partial charge on any atom is 0.129 e. The van der Waals surface area contributed by atoms with Crippen LogP contribution in [-0.4, -0.2) is 31.4 Å². The first-order chi connectivity index (χ1) is 8.33.